The third-order valence-electron chi connectivity index (χ3n) is 1.35. The van der Waals surface area contributed by atoms with Crippen LogP contribution in [0.5, 0.6) is 0 Å². The van der Waals surface area contributed by atoms with Crippen molar-refractivity contribution in [3.8, 4) is 0 Å². The highest BCUT2D eigenvalue weighted by Gasteiger charge is 2.01. The number of carbonyl (C=O) groups excluding carboxylic acids is 1. The summed E-state index contributed by atoms with van der Waals surface area (Å²) in [7, 11) is 6.69. The molecule has 60 valence electrons. The molecule has 0 aliphatic carbocycles. The first-order valence-corrected chi connectivity index (χ1v) is 3.54. The monoisotopic (exact) mass is 160 g/mol. The summed E-state index contributed by atoms with van der Waals surface area (Å²) in [4.78, 5) is 12.0. The lowest BCUT2D eigenvalue weighted by atomic mass is 10.3. The number of urea groups is 1. The fraction of sp³-hybridized carbons (Fsp3) is 0.125. The predicted molar refractivity (Wildman–Crippen MR) is 49.0 cm³/mol. The van der Waals surface area contributed by atoms with Crippen molar-refractivity contribution in [1.29, 1.82) is 0 Å². The zero-order valence-corrected chi connectivity index (χ0v) is 6.82. The lowest BCUT2D eigenvalue weighted by Gasteiger charge is -2.11. The summed E-state index contributed by atoms with van der Waals surface area (Å²) < 4.78 is 0. The molecule has 0 atom stereocenters. The Balaban J connectivity index is 2.59. The van der Waals surface area contributed by atoms with E-state index in [1.807, 2.05) is 18.2 Å². The van der Waals surface area contributed by atoms with Crippen LogP contribution in [0.1, 0.15) is 0 Å². The van der Waals surface area contributed by atoms with Crippen LogP contribution in [0.25, 0.3) is 0 Å². The summed E-state index contributed by atoms with van der Waals surface area (Å²) in [6, 6.07) is 8.81. The van der Waals surface area contributed by atoms with E-state index < -0.39 is 0 Å². The highest BCUT2D eigenvalue weighted by atomic mass is 16.2. The summed E-state index contributed by atoms with van der Waals surface area (Å²) >= 11 is 0. The van der Waals surface area contributed by atoms with Gasteiger partial charge in [0.25, 0.3) is 0 Å². The van der Waals surface area contributed by atoms with Crippen LogP contribution >= 0.6 is 0 Å². The molecule has 2 amide bonds. The van der Waals surface area contributed by atoms with E-state index in [1.54, 1.807) is 12.1 Å². The molecule has 4 heteroatoms. The Hall–Kier alpha value is -1.45. The molecule has 12 heavy (non-hydrogen) atoms. The minimum absolute atomic E-state index is 0.332. The number of amides is 2. The molecule has 0 bridgehead atoms. The summed E-state index contributed by atoms with van der Waals surface area (Å²) in [5.41, 5.74) is 0.736. The van der Waals surface area contributed by atoms with E-state index in [-0.39, 0.29) is 6.03 Å². The van der Waals surface area contributed by atoms with Gasteiger partial charge in [0.05, 0.1) is 0 Å². The van der Waals surface area contributed by atoms with Crippen LogP contribution in [-0.4, -0.2) is 25.9 Å². The number of anilines is 1. The third-order valence-corrected chi connectivity index (χ3v) is 1.35. The van der Waals surface area contributed by atoms with Crippen molar-refractivity contribution >= 4 is 19.7 Å². The zero-order chi connectivity index (χ0) is 8.97. The molecule has 1 N–H and O–H groups in total. The Kier molecular flexibility index (Phi) is 2.74. The summed E-state index contributed by atoms with van der Waals surface area (Å²) in [5.74, 6) is 0. The van der Waals surface area contributed by atoms with E-state index in [9.17, 15) is 4.79 Å². The van der Waals surface area contributed by atoms with Crippen molar-refractivity contribution in [1.82, 2.24) is 4.81 Å². The Bertz CT molecular complexity index is 261. The second-order valence-electron chi connectivity index (χ2n) is 2.41. The molecular formula is C8H9BN2O. The summed E-state index contributed by atoms with van der Waals surface area (Å²) in [6.45, 7) is 0. The highest BCUT2D eigenvalue weighted by molar-refractivity contribution is 6.16. The first kappa shape index (κ1) is 8.65. The van der Waals surface area contributed by atoms with Gasteiger partial charge >= 0.3 is 6.03 Å². The van der Waals surface area contributed by atoms with Crippen LogP contribution < -0.4 is 5.32 Å². The van der Waals surface area contributed by atoms with Gasteiger partial charge < -0.3 is 10.1 Å². The largest absolute Gasteiger partial charge is 0.382 e. The fourth-order valence-electron chi connectivity index (χ4n) is 0.733. The third kappa shape index (κ3) is 2.30. The molecule has 0 aliphatic heterocycles. The molecule has 0 unspecified atom stereocenters. The molecule has 0 heterocycles. The van der Waals surface area contributed by atoms with Gasteiger partial charge in [0.1, 0.15) is 0 Å². The second-order valence-corrected chi connectivity index (χ2v) is 2.41. The number of nitrogens with zero attached hydrogens (tertiary/aromatic N) is 1. The van der Waals surface area contributed by atoms with Gasteiger partial charge in [-0.3, -0.25) is 0 Å². The predicted octanol–water partition coefficient (Wildman–Crippen LogP) is 1.23. The number of carbonyl (C=O) groups is 1. The van der Waals surface area contributed by atoms with Crippen molar-refractivity contribution < 1.29 is 4.79 Å². The Morgan fingerprint density at radius 3 is 2.50 bits per heavy atom. The molecule has 2 radical (unpaired) electrons. The smallest absolute Gasteiger partial charge is 0.308 e. The number of hydrogen-bond donors (Lipinski definition) is 1. The molecule has 0 saturated carbocycles. The molecule has 3 nitrogen and oxygen atoms in total. The number of rotatable bonds is 1. The minimum Gasteiger partial charge on any atom is -0.382 e. The maximum Gasteiger partial charge on any atom is 0.308 e. The second kappa shape index (κ2) is 3.81. The van der Waals surface area contributed by atoms with E-state index in [4.69, 9.17) is 7.98 Å². The number of para-hydroxylation sites is 1. The fourth-order valence-corrected chi connectivity index (χ4v) is 0.733. The molecule has 0 spiro atoms. The van der Waals surface area contributed by atoms with Crippen molar-refractivity contribution in [2.75, 3.05) is 12.4 Å². The van der Waals surface area contributed by atoms with Crippen LogP contribution in [-0.2, 0) is 0 Å². The van der Waals surface area contributed by atoms with Crippen LogP contribution in [0.2, 0.25) is 0 Å². The molecule has 0 fully saturated rings. The van der Waals surface area contributed by atoms with Crippen molar-refractivity contribution in [2.24, 2.45) is 0 Å². The van der Waals surface area contributed by atoms with Gasteiger partial charge in [0.15, 0.2) is 0 Å². The normalized spacial score (nSPS) is 9.08. The van der Waals surface area contributed by atoms with E-state index in [0.29, 0.717) is 0 Å². The van der Waals surface area contributed by atoms with Crippen LogP contribution in [0.15, 0.2) is 30.3 Å². The SMILES string of the molecule is [B]N(C)C(=O)Nc1ccccc1. The minimum atomic E-state index is -0.332. The van der Waals surface area contributed by atoms with E-state index in [0.717, 1.165) is 10.5 Å². The summed E-state index contributed by atoms with van der Waals surface area (Å²) in [6.07, 6.45) is 0. The van der Waals surface area contributed by atoms with Gasteiger partial charge in [-0.05, 0) is 19.2 Å². The Morgan fingerprint density at radius 2 is 2.00 bits per heavy atom. The van der Waals surface area contributed by atoms with Gasteiger partial charge in [0.2, 0.25) is 7.98 Å². The molecule has 1 aromatic carbocycles. The Labute approximate surface area is 72.8 Å². The lowest BCUT2D eigenvalue weighted by Crippen LogP contribution is -2.28. The first-order chi connectivity index (χ1) is 5.70. The average molecular weight is 160 g/mol. The van der Waals surface area contributed by atoms with E-state index in [1.165, 1.54) is 7.05 Å². The topological polar surface area (TPSA) is 32.3 Å². The van der Waals surface area contributed by atoms with Gasteiger partial charge in [-0.25, -0.2) is 4.79 Å². The van der Waals surface area contributed by atoms with Gasteiger partial charge in [0, 0.05) is 5.69 Å². The average Bonchev–Trinajstić information content (AvgIpc) is 2.06. The van der Waals surface area contributed by atoms with Crippen molar-refractivity contribution in [3.05, 3.63) is 30.3 Å². The van der Waals surface area contributed by atoms with Crippen molar-refractivity contribution in [2.45, 2.75) is 0 Å². The zero-order valence-electron chi connectivity index (χ0n) is 6.82. The van der Waals surface area contributed by atoms with E-state index in [2.05, 4.69) is 5.32 Å². The lowest BCUT2D eigenvalue weighted by molar-refractivity contribution is 0.241. The van der Waals surface area contributed by atoms with Gasteiger partial charge in [-0.1, -0.05) is 18.2 Å². The number of nitrogens with one attached hydrogen (secondary N) is 1. The number of benzene rings is 1. The molecule has 0 aliphatic rings. The number of hydrogen-bond acceptors (Lipinski definition) is 1. The standard InChI is InChI=1S/C8H9BN2O/c1-11(9)8(12)10-7-5-3-2-4-6-7/h2-6H,1H3,(H,10,12). The molecule has 0 aromatic heterocycles. The maximum atomic E-state index is 11.0. The first-order valence-electron chi connectivity index (χ1n) is 3.54. The van der Waals surface area contributed by atoms with Crippen LogP contribution in [0, 0.1) is 0 Å². The van der Waals surface area contributed by atoms with Crippen LogP contribution in [0.3, 0.4) is 0 Å². The van der Waals surface area contributed by atoms with Gasteiger partial charge in [-0.2, -0.15) is 0 Å². The maximum absolute atomic E-state index is 11.0. The quantitative estimate of drug-likeness (QED) is 0.615. The van der Waals surface area contributed by atoms with Gasteiger partial charge in [-0.15, -0.1) is 0 Å². The van der Waals surface area contributed by atoms with Crippen LogP contribution in [0.4, 0.5) is 10.5 Å². The summed E-state index contributed by atoms with van der Waals surface area (Å²) in [5, 5.41) is 2.60. The Morgan fingerprint density at radius 1 is 1.42 bits per heavy atom. The van der Waals surface area contributed by atoms with Crippen molar-refractivity contribution in [3.63, 3.8) is 0 Å². The molecule has 1 aromatic rings. The molecule has 1 rings (SSSR count). The molecule has 0 saturated heterocycles. The highest BCUT2D eigenvalue weighted by Crippen LogP contribution is 2.04. The molecular weight excluding hydrogens is 151 g/mol. The van der Waals surface area contributed by atoms with E-state index >= 15 is 0 Å².